The molecule has 0 fully saturated rings. The van der Waals surface area contributed by atoms with Gasteiger partial charge in [0.2, 0.25) is 0 Å². The third-order valence-electron chi connectivity index (χ3n) is 3.65. The van der Waals surface area contributed by atoms with Crippen LogP contribution in [0.4, 0.5) is 0 Å². The van der Waals surface area contributed by atoms with Gasteiger partial charge in [-0.15, -0.1) is 0 Å². The quantitative estimate of drug-likeness (QED) is 0.631. The second-order valence-corrected chi connectivity index (χ2v) is 5.41. The monoisotopic (exact) mass is 326 g/mol. The summed E-state index contributed by atoms with van der Waals surface area (Å²) in [5.74, 6) is 1.05. The zero-order chi connectivity index (χ0) is 16.2. The number of rotatable bonds is 5. The van der Waals surface area contributed by atoms with Crippen molar-refractivity contribution in [3.05, 3.63) is 71.8 Å². The van der Waals surface area contributed by atoms with E-state index in [0.717, 1.165) is 16.3 Å². The molecule has 4 heteroatoms. The Morgan fingerprint density at radius 1 is 1.00 bits per heavy atom. The van der Waals surface area contributed by atoms with Gasteiger partial charge in [0.25, 0.3) is 5.24 Å². The minimum Gasteiger partial charge on any atom is -0.493 e. The number of hydrogen-bond donors (Lipinski definition) is 0. The maximum atomic E-state index is 11.3. The van der Waals surface area contributed by atoms with Crippen LogP contribution in [-0.4, -0.2) is 12.4 Å². The van der Waals surface area contributed by atoms with Gasteiger partial charge in [-0.25, -0.2) is 0 Å². The zero-order valence-corrected chi connectivity index (χ0v) is 13.3. The lowest BCUT2D eigenvalue weighted by Gasteiger charge is -2.13. The van der Waals surface area contributed by atoms with E-state index in [2.05, 4.69) is 18.2 Å². The predicted octanol–water partition coefficient (Wildman–Crippen LogP) is 4.81. The normalized spacial score (nSPS) is 10.5. The number of benzene rings is 3. The molecule has 0 atom stereocenters. The molecule has 3 nitrogen and oxygen atoms in total. The van der Waals surface area contributed by atoms with Gasteiger partial charge in [-0.3, -0.25) is 4.79 Å². The second kappa shape index (κ2) is 6.71. The first-order valence-corrected chi connectivity index (χ1v) is 7.54. The maximum absolute atomic E-state index is 11.3. The molecule has 0 N–H and O–H groups in total. The van der Waals surface area contributed by atoms with E-state index >= 15 is 0 Å². The molecule has 3 aromatic carbocycles. The van der Waals surface area contributed by atoms with Crippen LogP contribution in [0, 0.1) is 0 Å². The number of carbonyl (C=O) groups excluding carboxylic acids is 1. The highest BCUT2D eigenvalue weighted by molar-refractivity contribution is 6.67. The number of fused-ring (bicyclic) bond motifs is 1. The van der Waals surface area contributed by atoms with E-state index in [4.69, 9.17) is 21.1 Å². The van der Waals surface area contributed by atoms with E-state index in [-0.39, 0.29) is 0 Å². The predicted molar refractivity (Wildman–Crippen MR) is 91.5 cm³/mol. The van der Waals surface area contributed by atoms with Crippen molar-refractivity contribution in [1.29, 1.82) is 0 Å². The number of ether oxygens (including phenoxy) is 2. The molecule has 0 spiro atoms. The average molecular weight is 327 g/mol. The lowest BCUT2D eigenvalue weighted by molar-refractivity contribution is 0.108. The van der Waals surface area contributed by atoms with Crippen molar-refractivity contribution in [2.75, 3.05) is 7.11 Å². The van der Waals surface area contributed by atoms with Gasteiger partial charge < -0.3 is 9.47 Å². The maximum Gasteiger partial charge on any atom is 0.252 e. The summed E-state index contributed by atoms with van der Waals surface area (Å²) in [6.45, 7) is 0.373. The van der Waals surface area contributed by atoms with Gasteiger partial charge in [0.15, 0.2) is 11.5 Å². The van der Waals surface area contributed by atoms with Crippen molar-refractivity contribution >= 4 is 27.6 Å². The first kappa shape index (κ1) is 15.4. The standard InChI is InChI=1S/C19H15ClO3/c1-22-17-10-9-14(19(20)21)11-18(17)23-12-15-7-4-6-13-5-2-3-8-16(13)15/h2-11H,12H2,1H3. The molecule has 23 heavy (non-hydrogen) atoms. The van der Waals surface area contributed by atoms with Crippen LogP contribution in [0.3, 0.4) is 0 Å². The first-order chi connectivity index (χ1) is 11.2. The fourth-order valence-corrected chi connectivity index (χ4v) is 2.60. The van der Waals surface area contributed by atoms with Crippen LogP contribution in [0.2, 0.25) is 0 Å². The fraction of sp³-hybridized carbons (Fsp3) is 0.105. The van der Waals surface area contributed by atoms with Gasteiger partial charge in [-0.2, -0.15) is 0 Å². The molecule has 0 amide bonds. The van der Waals surface area contributed by atoms with Gasteiger partial charge >= 0.3 is 0 Å². The second-order valence-electron chi connectivity index (χ2n) is 5.07. The summed E-state index contributed by atoms with van der Waals surface area (Å²) in [6, 6.07) is 19.1. The molecule has 0 aliphatic heterocycles. The van der Waals surface area contributed by atoms with E-state index in [1.807, 2.05) is 24.3 Å². The van der Waals surface area contributed by atoms with Crippen LogP contribution in [0.1, 0.15) is 15.9 Å². The molecular formula is C19H15ClO3. The lowest BCUT2D eigenvalue weighted by Crippen LogP contribution is -2.00. The SMILES string of the molecule is COc1ccc(C(=O)Cl)cc1OCc1cccc2ccccc12. The molecule has 3 rings (SSSR count). The molecule has 0 bridgehead atoms. The molecule has 0 saturated heterocycles. The first-order valence-electron chi connectivity index (χ1n) is 7.16. The summed E-state index contributed by atoms with van der Waals surface area (Å²) in [6.07, 6.45) is 0. The Hall–Kier alpha value is -2.52. The third kappa shape index (κ3) is 3.30. The number of halogens is 1. The van der Waals surface area contributed by atoms with E-state index in [1.165, 1.54) is 0 Å². The summed E-state index contributed by atoms with van der Waals surface area (Å²) >= 11 is 5.53. The molecule has 0 unspecified atom stereocenters. The van der Waals surface area contributed by atoms with Gasteiger partial charge in [-0.1, -0.05) is 42.5 Å². The van der Waals surface area contributed by atoms with Crippen molar-refractivity contribution in [3.63, 3.8) is 0 Å². The highest BCUT2D eigenvalue weighted by Gasteiger charge is 2.10. The Morgan fingerprint density at radius 3 is 2.57 bits per heavy atom. The van der Waals surface area contributed by atoms with Crippen LogP contribution in [-0.2, 0) is 6.61 Å². The summed E-state index contributed by atoms with van der Waals surface area (Å²) in [4.78, 5) is 11.3. The Balaban J connectivity index is 1.90. The Kier molecular flexibility index (Phi) is 4.49. The molecule has 0 radical (unpaired) electrons. The van der Waals surface area contributed by atoms with Crippen LogP contribution >= 0.6 is 11.6 Å². The van der Waals surface area contributed by atoms with Gasteiger partial charge in [0, 0.05) is 5.56 Å². The van der Waals surface area contributed by atoms with Crippen molar-refractivity contribution in [2.45, 2.75) is 6.61 Å². The topological polar surface area (TPSA) is 35.5 Å². The highest BCUT2D eigenvalue weighted by atomic mass is 35.5. The minimum absolute atomic E-state index is 0.373. The van der Waals surface area contributed by atoms with Crippen LogP contribution in [0.5, 0.6) is 11.5 Å². The van der Waals surface area contributed by atoms with Crippen LogP contribution in [0.15, 0.2) is 60.7 Å². The molecule has 116 valence electrons. The van der Waals surface area contributed by atoms with Crippen LogP contribution < -0.4 is 9.47 Å². The largest absolute Gasteiger partial charge is 0.493 e. The van der Waals surface area contributed by atoms with E-state index in [0.29, 0.717) is 23.7 Å². The van der Waals surface area contributed by atoms with Crippen molar-refractivity contribution in [2.24, 2.45) is 0 Å². The summed E-state index contributed by atoms with van der Waals surface area (Å²) in [5, 5.41) is 1.77. The summed E-state index contributed by atoms with van der Waals surface area (Å²) < 4.78 is 11.2. The molecule has 3 aromatic rings. The molecule has 0 saturated carbocycles. The van der Waals surface area contributed by atoms with Gasteiger partial charge in [0.05, 0.1) is 7.11 Å². The Bertz CT molecular complexity index is 853. The minimum atomic E-state index is -0.525. The van der Waals surface area contributed by atoms with Crippen molar-refractivity contribution < 1.29 is 14.3 Å². The Morgan fingerprint density at radius 2 is 1.78 bits per heavy atom. The van der Waals surface area contributed by atoms with Crippen molar-refractivity contribution in [1.82, 2.24) is 0 Å². The molecular weight excluding hydrogens is 312 g/mol. The summed E-state index contributed by atoms with van der Waals surface area (Å²) in [5.41, 5.74) is 1.44. The van der Waals surface area contributed by atoms with E-state index in [1.54, 1.807) is 25.3 Å². The third-order valence-corrected chi connectivity index (χ3v) is 3.87. The van der Waals surface area contributed by atoms with Crippen molar-refractivity contribution in [3.8, 4) is 11.5 Å². The highest BCUT2D eigenvalue weighted by Crippen LogP contribution is 2.30. The van der Waals surface area contributed by atoms with E-state index < -0.39 is 5.24 Å². The van der Waals surface area contributed by atoms with E-state index in [9.17, 15) is 4.79 Å². The summed E-state index contributed by atoms with van der Waals surface area (Å²) in [7, 11) is 1.56. The zero-order valence-electron chi connectivity index (χ0n) is 12.6. The van der Waals surface area contributed by atoms with Gasteiger partial charge in [0.1, 0.15) is 6.61 Å². The fourth-order valence-electron chi connectivity index (χ4n) is 2.49. The number of methoxy groups -OCH3 is 1. The number of carbonyl (C=O) groups is 1. The Labute approximate surface area is 139 Å². The number of hydrogen-bond acceptors (Lipinski definition) is 3. The van der Waals surface area contributed by atoms with Gasteiger partial charge in [-0.05, 0) is 46.1 Å². The molecule has 0 aliphatic carbocycles. The lowest BCUT2D eigenvalue weighted by atomic mass is 10.1. The smallest absolute Gasteiger partial charge is 0.252 e. The molecule has 0 heterocycles. The molecule has 0 aliphatic rings. The van der Waals surface area contributed by atoms with Crippen LogP contribution in [0.25, 0.3) is 10.8 Å². The molecule has 0 aromatic heterocycles. The average Bonchev–Trinajstić information content (AvgIpc) is 2.59.